The fourth-order valence-corrected chi connectivity index (χ4v) is 3.62. The summed E-state index contributed by atoms with van der Waals surface area (Å²) in [5.74, 6) is 0.374. The van der Waals surface area contributed by atoms with Gasteiger partial charge in [-0.25, -0.2) is 14.4 Å². The molecular formula is C21H23FN4O2. The summed E-state index contributed by atoms with van der Waals surface area (Å²) in [7, 11) is 0. The largest absolute Gasteiger partial charge is 0.394 e. The predicted molar refractivity (Wildman–Crippen MR) is 107 cm³/mol. The summed E-state index contributed by atoms with van der Waals surface area (Å²) < 4.78 is 14.8. The number of fused-ring (bicyclic) bond motifs is 1. The van der Waals surface area contributed by atoms with E-state index in [2.05, 4.69) is 9.88 Å². The summed E-state index contributed by atoms with van der Waals surface area (Å²) in [5.41, 5.74) is 1.71. The van der Waals surface area contributed by atoms with E-state index in [4.69, 9.17) is 4.98 Å². The molecule has 4 rings (SSSR count). The van der Waals surface area contributed by atoms with E-state index in [1.807, 2.05) is 0 Å². The minimum Gasteiger partial charge on any atom is -0.394 e. The van der Waals surface area contributed by atoms with E-state index < -0.39 is 0 Å². The van der Waals surface area contributed by atoms with Crippen LogP contribution in [0.1, 0.15) is 32.2 Å². The monoisotopic (exact) mass is 382 g/mol. The van der Waals surface area contributed by atoms with Gasteiger partial charge in [0, 0.05) is 18.7 Å². The Morgan fingerprint density at radius 1 is 1.18 bits per heavy atom. The smallest absolute Gasteiger partial charge is 0.261 e. The number of anilines is 1. The zero-order chi connectivity index (χ0) is 19.7. The van der Waals surface area contributed by atoms with Crippen LogP contribution in [0.4, 0.5) is 10.2 Å². The number of aromatic nitrogens is 3. The van der Waals surface area contributed by atoms with Crippen LogP contribution in [0.2, 0.25) is 0 Å². The van der Waals surface area contributed by atoms with E-state index >= 15 is 0 Å². The second kappa shape index (κ2) is 7.67. The highest BCUT2D eigenvalue weighted by atomic mass is 19.1. The quantitative estimate of drug-likeness (QED) is 0.751. The molecule has 0 radical (unpaired) electrons. The van der Waals surface area contributed by atoms with Gasteiger partial charge in [0.2, 0.25) is 0 Å². The molecule has 28 heavy (non-hydrogen) atoms. The van der Waals surface area contributed by atoms with Gasteiger partial charge in [-0.05, 0) is 56.5 Å². The Hall–Kier alpha value is -2.80. The third kappa shape index (κ3) is 3.38. The minimum absolute atomic E-state index is 0.151. The summed E-state index contributed by atoms with van der Waals surface area (Å²) in [6.07, 6.45) is 4.81. The van der Waals surface area contributed by atoms with Gasteiger partial charge in [0.25, 0.3) is 5.56 Å². The molecule has 6 nitrogen and oxygen atoms in total. The lowest BCUT2D eigenvalue weighted by Crippen LogP contribution is -2.32. The summed E-state index contributed by atoms with van der Waals surface area (Å²) >= 11 is 0. The van der Waals surface area contributed by atoms with Crippen LogP contribution in [0, 0.1) is 5.82 Å². The molecule has 3 aromatic rings. The van der Waals surface area contributed by atoms with Crippen LogP contribution in [0.25, 0.3) is 22.2 Å². The van der Waals surface area contributed by atoms with Gasteiger partial charge in [-0.2, -0.15) is 0 Å². The van der Waals surface area contributed by atoms with E-state index in [1.54, 1.807) is 25.1 Å². The topological polar surface area (TPSA) is 71.2 Å². The molecule has 0 unspecified atom stereocenters. The molecule has 1 saturated heterocycles. The molecule has 1 N–H and O–H groups in total. The molecule has 2 aromatic heterocycles. The highest BCUT2D eigenvalue weighted by Crippen LogP contribution is 2.29. The molecule has 0 spiro atoms. The van der Waals surface area contributed by atoms with Gasteiger partial charge in [0.15, 0.2) is 5.82 Å². The second-order valence-electron chi connectivity index (χ2n) is 7.27. The molecule has 1 aliphatic rings. The number of piperidine rings is 1. The van der Waals surface area contributed by atoms with E-state index in [-0.39, 0.29) is 24.0 Å². The first-order valence-corrected chi connectivity index (χ1v) is 9.62. The van der Waals surface area contributed by atoms with Gasteiger partial charge in [-0.1, -0.05) is 0 Å². The Morgan fingerprint density at radius 2 is 1.89 bits per heavy atom. The first kappa shape index (κ1) is 18.6. The maximum absolute atomic E-state index is 13.4. The molecule has 0 amide bonds. The first-order valence-electron chi connectivity index (χ1n) is 9.62. The summed E-state index contributed by atoms with van der Waals surface area (Å²) in [5, 5.41) is 9.91. The van der Waals surface area contributed by atoms with Crippen molar-refractivity contribution in [2.24, 2.45) is 0 Å². The Morgan fingerprint density at radius 3 is 2.57 bits per heavy atom. The van der Waals surface area contributed by atoms with Crippen molar-refractivity contribution >= 4 is 16.7 Å². The molecule has 0 bridgehead atoms. The van der Waals surface area contributed by atoms with Crippen LogP contribution in [-0.2, 0) is 0 Å². The van der Waals surface area contributed by atoms with Crippen molar-refractivity contribution in [1.82, 2.24) is 14.5 Å². The van der Waals surface area contributed by atoms with Crippen LogP contribution in [0.15, 0.2) is 41.5 Å². The lowest BCUT2D eigenvalue weighted by atomic mass is 10.1. The molecule has 0 saturated carbocycles. The lowest BCUT2D eigenvalue weighted by molar-refractivity contribution is 0.236. The minimum atomic E-state index is -0.370. The molecule has 0 aliphatic carbocycles. The highest BCUT2D eigenvalue weighted by molar-refractivity contribution is 5.91. The standard InChI is InChI=1S/C21H23FN4O2/c1-14(12-27)26-13-23-19-17(21(26)28)11-18(15-5-7-16(22)8-6-15)24-20(19)25-9-3-2-4-10-25/h5-8,11,13-14,27H,2-4,9-10,12H2,1H3/t14-/m0/s1. The van der Waals surface area contributed by atoms with Crippen molar-refractivity contribution in [3.63, 3.8) is 0 Å². The van der Waals surface area contributed by atoms with Gasteiger partial charge in [-0.3, -0.25) is 9.36 Å². The average Bonchev–Trinajstić information content (AvgIpc) is 2.74. The molecule has 1 aliphatic heterocycles. The Kier molecular flexibility index (Phi) is 5.09. The maximum Gasteiger partial charge on any atom is 0.261 e. The van der Waals surface area contributed by atoms with Gasteiger partial charge in [0.05, 0.1) is 30.1 Å². The SMILES string of the molecule is C[C@@H](CO)n1cnc2c(N3CCCCC3)nc(-c3ccc(F)cc3)cc2c1=O. The van der Waals surface area contributed by atoms with Crippen molar-refractivity contribution in [1.29, 1.82) is 0 Å². The first-order chi connectivity index (χ1) is 13.6. The van der Waals surface area contributed by atoms with Crippen LogP contribution >= 0.6 is 0 Å². The van der Waals surface area contributed by atoms with E-state index in [0.29, 0.717) is 22.4 Å². The van der Waals surface area contributed by atoms with Gasteiger partial charge in [0.1, 0.15) is 11.3 Å². The number of aliphatic hydroxyl groups excluding tert-OH is 1. The van der Waals surface area contributed by atoms with Gasteiger partial charge < -0.3 is 10.0 Å². The Balaban J connectivity index is 1.95. The second-order valence-corrected chi connectivity index (χ2v) is 7.27. The van der Waals surface area contributed by atoms with Crippen molar-refractivity contribution in [3.05, 3.63) is 52.8 Å². The van der Waals surface area contributed by atoms with E-state index in [0.717, 1.165) is 31.5 Å². The van der Waals surface area contributed by atoms with Crippen molar-refractivity contribution in [3.8, 4) is 11.3 Å². The molecule has 3 heterocycles. The maximum atomic E-state index is 13.4. The van der Waals surface area contributed by atoms with Gasteiger partial charge >= 0.3 is 0 Å². The summed E-state index contributed by atoms with van der Waals surface area (Å²) in [6, 6.07) is 7.44. The number of halogens is 1. The van der Waals surface area contributed by atoms with Crippen molar-refractivity contribution in [2.75, 3.05) is 24.6 Å². The third-order valence-corrected chi connectivity index (χ3v) is 5.29. The van der Waals surface area contributed by atoms with Crippen molar-refractivity contribution < 1.29 is 9.50 Å². The number of hydrogen-bond acceptors (Lipinski definition) is 5. The number of hydrogen-bond donors (Lipinski definition) is 1. The number of rotatable bonds is 4. The number of aliphatic hydroxyl groups is 1. The van der Waals surface area contributed by atoms with Crippen molar-refractivity contribution in [2.45, 2.75) is 32.2 Å². The molecule has 1 atom stereocenters. The fourth-order valence-electron chi connectivity index (χ4n) is 3.62. The Labute approximate surface area is 162 Å². The average molecular weight is 382 g/mol. The molecule has 146 valence electrons. The van der Waals surface area contributed by atoms with Crippen LogP contribution in [-0.4, -0.2) is 39.3 Å². The van der Waals surface area contributed by atoms with E-state index in [9.17, 15) is 14.3 Å². The lowest BCUT2D eigenvalue weighted by Gasteiger charge is -2.29. The Bertz CT molecular complexity index is 1040. The van der Waals surface area contributed by atoms with Crippen LogP contribution < -0.4 is 10.5 Å². The number of nitrogens with zero attached hydrogens (tertiary/aromatic N) is 4. The molecular weight excluding hydrogens is 359 g/mol. The molecule has 1 fully saturated rings. The normalized spacial score (nSPS) is 15.8. The molecule has 1 aromatic carbocycles. The summed E-state index contributed by atoms with van der Waals surface area (Å²) in [6.45, 7) is 3.35. The van der Waals surface area contributed by atoms with Gasteiger partial charge in [-0.15, -0.1) is 0 Å². The summed E-state index contributed by atoms with van der Waals surface area (Å²) in [4.78, 5) is 24.6. The van der Waals surface area contributed by atoms with Crippen LogP contribution in [0.5, 0.6) is 0 Å². The van der Waals surface area contributed by atoms with E-state index in [1.165, 1.54) is 29.4 Å². The molecule has 7 heteroatoms. The van der Waals surface area contributed by atoms with Crippen LogP contribution in [0.3, 0.4) is 0 Å². The number of pyridine rings is 1. The zero-order valence-corrected chi connectivity index (χ0v) is 15.8. The number of benzene rings is 1. The highest BCUT2D eigenvalue weighted by Gasteiger charge is 2.20. The predicted octanol–water partition coefficient (Wildman–Crippen LogP) is 3.14. The third-order valence-electron chi connectivity index (χ3n) is 5.29. The zero-order valence-electron chi connectivity index (χ0n) is 15.8. The fraction of sp³-hybridized carbons (Fsp3) is 0.381.